The summed E-state index contributed by atoms with van der Waals surface area (Å²) in [5.74, 6) is -0.0389. The van der Waals surface area contributed by atoms with Crippen molar-refractivity contribution in [2.45, 2.75) is 25.2 Å². The van der Waals surface area contributed by atoms with E-state index in [1.165, 1.54) is 5.56 Å². The number of benzene rings is 1. The second-order valence-corrected chi connectivity index (χ2v) is 4.70. The number of hydrogen-bond donors (Lipinski definition) is 2. The molecule has 0 bridgehead atoms. The molecule has 1 aromatic rings. The van der Waals surface area contributed by atoms with E-state index in [0.29, 0.717) is 5.92 Å². The fourth-order valence-corrected chi connectivity index (χ4v) is 2.69. The molecule has 1 heterocycles. The van der Waals surface area contributed by atoms with Gasteiger partial charge in [-0.05, 0) is 43.3 Å². The van der Waals surface area contributed by atoms with Crippen LogP contribution in [-0.2, 0) is 4.79 Å². The quantitative estimate of drug-likeness (QED) is 0.838. The van der Waals surface area contributed by atoms with E-state index >= 15 is 0 Å². The lowest BCUT2D eigenvalue weighted by Gasteiger charge is -2.30. The van der Waals surface area contributed by atoms with E-state index in [0.717, 1.165) is 25.9 Å². The SMILES string of the molecule is O=C(O)C[C@H](c1ccccc1)C1CCNCC1. The summed E-state index contributed by atoms with van der Waals surface area (Å²) in [6, 6.07) is 10.1. The number of carbonyl (C=O) groups is 1. The fraction of sp³-hybridized carbons (Fsp3) is 0.500. The van der Waals surface area contributed by atoms with E-state index in [4.69, 9.17) is 5.11 Å². The molecule has 1 fully saturated rings. The summed E-state index contributed by atoms with van der Waals surface area (Å²) < 4.78 is 0. The molecule has 3 heteroatoms. The third-order valence-electron chi connectivity index (χ3n) is 3.58. The van der Waals surface area contributed by atoms with Crippen molar-refractivity contribution in [1.29, 1.82) is 0 Å². The van der Waals surface area contributed by atoms with Gasteiger partial charge in [-0.3, -0.25) is 4.79 Å². The predicted octanol–water partition coefficient (Wildman–Crippen LogP) is 2.24. The molecule has 92 valence electrons. The zero-order valence-electron chi connectivity index (χ0n) is 9.93. The molecule has 0 radical (unpaired) electrons. The smallest absolute Gasteiger partial charge is 0.303 e. The molecule has 2 N–H and O–H groups in total. The highest BCUT2D eigenvalue weighted by molar-refractivity contribution is 5.68. The fourth-order valence-electron chi connectivity index (χ4n) is 2.69. The van der Waals surface area contributed by atoms with Crippen LogP contribution in [0.25, 0.3) is 0 Å². The minimum absolute atomic E-state index is 0.163. The summed E-state index contributed by atoms with van der Waals surface area (Å²) >= 11 is 0. The van der Waals surface area contributed by atoms with Crippen molar-refractivity contribution in [1.82, 2.24) is 5.32 Å². The van der Waals surface area contributed by atoms with Gasteiger partial charge in [0, 0.05) is 0 Å². The molecule has 0 aromatic heterocycles. The largest absolute Gasteiger partial charge is 0.481 e. The van der Waals surface area contributed by atoms with Gasteiger partial charge in [-0.15, -0.1) is 0 Å². The maximum absolute atomic E-state index is 11.0. The number of nitrogens with one attached hydrogen (secondary N) is 1. The molecule has 0 saturated carbocycles. The normalized spacial score (nSPS) is 18.8. The van der Waals surface area contributed by atoms with E-state index in [-0.39, 0.29) is 12.3 Å². The molecule has 0 unspecified atom stereocenters. The number of aliphatic carboxylic acids is 1. The van der Waals surface area contributed by atoms with Gasteiger partial charge in [-0.2, -0.15) is 0 Å². The zero-order valence-corrected chi connectivity index (χ0v) is 9.93. The number of piperidine rings is 1. The van der Waals surface area contributed by atoms with Crippen LogP contribution in [0.15, 0.2) is 30.3 Å². The Morgan fingerprint density at radius 3 is 2.53 bits per heavy atom. The third kappa shape index (κ3) is 3.30. The van der Waals surface area contributed by atoms with Gasteiger partial charge in [0.15, 0.2) is 0 Å². The van der Waals surface area contributed by atoms with Crippen LogP contribution in [-0.4, -0.2) is 24.2 Å². The molecule has 1 saturated heterocycles. The molecular weight excluding hydrogens is 214 g/mol. The first kappa shape index (κ1) is 12.1. The predicted molar refractivity (Wildman–Crippen MR) is 67.0 cm³/mol. The average Bonchev–Trinajstić information content (AvgIpc) is 2.38. The van der Waals surface area contributed by atoms with Crippen LogP contribution in [0, 0.1) is 5.92 Å². The first-order chi connectivity index (χ1) is 8.27. The molecule has 2 rings (SSSR count). The molecule has 0 spiro atoms. The van der Waals surface area contributed by atoms with Gasteiger partial charge in [-0.1, -0.05) is 30.3 Å². The Morgan fingerprint density at radius 1 is 1.29 bits per heavy atom. The van der Waals surface area contributed by atoms with Crippen LogP contribution in [0.4, 0.5) is 0 Å². The first-order valence-electron chi connectivity index (χ1n) is 6.25. The molecule has 1 aliphatic rings. The van der Waals surface area contributed by atoms with Gasteiger partial charge in [0.05, 0.1) is 6.42 Å². The molecule has 1 aromatic carbocycles. The van der Waals surface area contributed by atoms with Gasteiger partial charge in [0.25, 0.3) is 0 Å². The van der Waals surface area contributed by atoms with Crippen LogP contribution in [0.3, 0.4) is 0 Å². The number of hydrogen-bond acceptors (Lipinski definition) is 2. The van der Waals surface area contributed by atoms with Crippen molar-refractivity contribution in [2.24, 2.45) is 5.92 Å². The second kappa shape index (κ2) is 5.82. The first-order valence-corrected chi connectivity index (χ1v) is 6.25. The standard InChI is InChI=1S/C14H19NO2/c16-14(17)10-13(11-4-2-1-3-5-11)12-6-8-15-9-7-12/h1-5,12-13,15H,6-10H2,(H,16,17)/t13-/m1/s1. The van der Waals surface area contributed by atoms with Gasteiger partial charge < -0.3 is 10.4 Å². The molecule has 1 atom stereocenters. The minimum atomic E-state index is -0.697. The van der Waals surface area contributed by atoms with Crippen molar-refractivity contribution in [2.75, 3.05) is 13.1 Å². The summed E-state index contributed by atoms with van der Waals surface area (Å²) in [7, 11) is 0. The van der Waals surface area contributed by atoms with Crippen molar-refractivity contribution >= 4 is 5.97 Å². The second-order valence-electron chi connectivity index (χ2n) is 4.70. The van der Waals surface area contributed by atoms with Crippen molar-refractivity contribution in [3.05, 3.63) is 35.9 Å². The number of carboxylic acid groups (broad SMARTS) is 1. The summed E-state index contributed by atoms with van der Waals surface area (Å²) in [5, 5.41) is 12.4. The van der Waals surface area contributed by atoms with E-state index in [2.05, 4.69) is 17.4 Å². The third-order valence-corrected chi connectivity index (χ3v) is 3.58. The lowest BCUT2D eigenvalue weighted by atomic mass is 9.78. The van der Waals surface area contributed by atoms with Crippen molar-refractivity contribution in [3.8, 4) is 0 Å². The minimum Gasteiger partial charge on any atom is -0.481 e. The molecule has 1 aliphatic heterocycles. The molecule has 0 aliphatic carbocycles. The Bertz CT molecular complexity index is 358. The number of rotatable bonds is 4. The highest BCUT2D eigenvalue weighted by atomic mass is 16.4. The molecule has 3 nitrogen and oxygen atoms in total. The van der Waals surface area contributed by atoms with Crippen molar-refractivity contribution in [3.63, 3.8) is 0 Å². The Hall–Kier alpha value is -1.35. The number of carboxylic acids is 1. The topological polar surface area (TPSA) is 49.3 Å². The maximum Gasteiger partial charge on any atom is 0.303 e. The summed E-state index contributed by atoms with van der Waals surface area (Å²) in [5.41, 5.74) is 1.17. The Morgan fingerprint density at radius 2 is 1.94 bits per heavy atom. The summed E-state index contributed by atoms with van der Waals surface area (Å²) in [6.45, 7) is 2.02. The highest BCUT2D eigenvalue weighted by Gasteiger charge is 2.26. The molecule has 0 amide bonds. The van der Waals surface area contributed by atoms with Crippen LogP contribution < -0.4 is 5.32 Å². The van der Waals surface area contributed by atoms with Gasteiger partial charge in [0.2, 0.25) is 0 Å². The van der Waals surface area contributed by atoms with E-state index in [1.54, 1.807) is 0 Å². The van der Waals surface area contributed by atoms with Gasteiger partial charge in [0.1, 0.15) is 0 Å². The van der Waals surface area contributed by atoms with Crippen LogP contribution in [0.1, 0.15) is 30.7 Å². The Kier molecular flexibility index (Phi) is 4.15. The summed E-state index contributed by atoms with van der Waals surface area (Å²) in [6.07, 6.45) is 2.40. The lowest BCUT2D eigenvalue weighted by molar-refractivity contribution is -0.137. The Balaban J connectivity index is 2.15. The summed E-state index contributed by atoms with van der Waals surface area (Å²) in [4.78, 5) is 11.0. The highest BCUT2D eigenvalue weighted by Crippen LogP contribution is 2.33. The molecular formula is C14H19NO2. The van der Waals surface area contributed by atoms with Gasteiger partial charge >= 0.3 is 5.97 Å². The maximum atomic E-state index is 11.0. The van der Waals surface area contributed by atoms with E-state index < -0.39 is 5.97 Å². The van der Waals surface area contributed by atoms with Crippen molar-refractivity contribution < 1.29 is 9.90 Å². The van der Waals surface area contributed by atoms with Crippen LogP contribution >= 0.6 is 0 Å². The van der Waals surface area contributed by atoms with E-state index in [9.17, 15) is 4.79 Å². The zero-order chi connectivity index (χ0) is 12.1. The monoisotopic (exact) mass is 233 g/mol. The molecule has 17 heavy (non-hydrogen) atoms. The van der Waals surface area contributed by atoms with Crippen LogP contribution in [0.2, 0.25) is 0 Å². The van der Waals surface area contributed by atoms with Crippen LogP contribution in [0.5, 0.6) is 0 Å². The van der Waals surface area contributed by atoms with Gasteiger partial charge in [-0.25, -0.2) is 0 Å². The Labute approximate surface area is 102 Å². The lowest BCUT2D eigenvalue weighted by Crippen LogP contribution is -2.31. The van der Waals surface area contributed by atoms with E-state index in [1.807, 2.05) is 18.2 Å². The average molecular weight is 233 g/mol.